The van der Waals surface area contributed by atoms with Crippen LogP contribution in [-0.4, -0.2) is 5.78 Å². The number of ketones is 1. The first-order valence-electron chi connectivity index (χ1n) is 4.47. The zero-order valence-electron chi connectivity index (χ0n) is 8.42. The van der Waals surface area contributed by atoms with Crippen LogP contribution in [0.25, 0.3) is 0 Å². The molecule has 0 aliphatic carbocycles. The Hall–Kier alpha value is -0.850. The van der Waals surface area contributed by atoms with Crippen LogP contribution < -0.4 is 0 Å². The van der Waals surface area contributed by atoms with E-state index in [2.05, 4.69) is 6.92 Å². The highest BCUT2D eigenvalue weighted by Crippen LogP contribution is 2.04. The van der Waals surface area contributed by atoms with Crippen molar-refractivity contribution in [1.29, 1.82) is 0 Å². The minimum absolute atomic E-state index is 0.108. The maximum Gasteiger partial charge on any atom is 0.161 e. The molecule has 0 radical (unpaired) electrons. The first kappa shape index (κ1) is 11.2. The average Bonchev–Trinajstić information content (AvgIpc) is 2.03. The summed E-state index contributed by atoms with van der Waals surface area (Å²) in [4.78, 5) is 11.3. The van der Waals surface area contributed by atoms with Gasteiger partial charge in [0.15, 0.2) is 5.78 Å². The van der Waals surface area contributed by atoms with Crippen LogP contribution in [0.2, 0.25) is 0 Å². The van der Waals surface area contributed by atoms with Crippen molar-refractivity contribution >= 4 is 5.78 Å². The predicted molar refractivity (Wildman–Crippen MR) is 53.0 cm³/mol. The second-order valence-electron chi connectivity index (χ2n) is 3.21. The SMILES string of the molecule is CC/C=C\C=C(/C)C(=O)C(C)C. The van der Waals surface area contributed by atoms with E-state index in [1.807, 2.05) is 39.0 Å². The van der Waals surface area contributed by atoms with Crippen LogP contribution in [0, 0.1) is 5.92 Å². The van der Waals surface area contributed by atoms with Crippen LogP contribution in [0.3, 0.4) is 0 Å². The van der Waals surface area contributed by atoms with Crippen molar-refractivity contribution in [1.82, 2.24) is 0 Å². The Morgan fingerprint density at radius 1 is 1.42 bits per heavy atom. The van der Waals surface area contributed by atoms with Crippen molar-refractivity contribution < 1.29 is 4.79 Å². The van der Waals surface area contributed by atoms with Gasteiger partial charge in [-0.05, 0) is 18.9 Å². The summed E-state index contributed by atoms with van der Waals surface area (Å²) < 4.78 is 0. The van der Waals surface area contributed by atoms with Gasteiger partial charge in [0.1, 0.15) is 0 Å². The van der Waals surface area contributed by atoms with E-state index < -0.39 is 0 Å². The van der Waals surface area contributed by atoms with Crippen LogP contribution in [-0.2, 0) is 4.79 Å². The van der Waals surface area contributed by atoms with Gasteiger partial charge in [-0.3, -0.25) is 4.79 Å². The van der Waals surface area contributed by atoms with Crippen LogP contribution >= 0.6 is 0 Å². The third-order valence-electron chi connectivity index (χ3n) is 1.63. The highest BCUT2D eigenvalue weighted by molar-refractivity contribution is 5.96. The second kappa shape index (κ2) is 5.76. The highest BCUT2D eigenvalue weighted by Gasteiger charge is 2.07. The van der Waals surface area contributed by atoms with Gasteiger partial charge < -0.3 is 0 Å². The molecule has 0 aliphatic rings. The summed E-state index contributed by atoms with van der Waals surface area (Å²) >= 11 is 0. The van der Waals surface area contributed by atoms with Gasteiger partial charge in [-0.25, -0.2) is 0 Å². The Bertz CT molecular complexity index is 197. The van der Waals surface area contributed by atoms with Crippen molar-refractivity contribution in [2.45, 2.75) is 34.1 Å². The number of Topliss-reactive ketones (excluding diaryl/α,β-unsaturated/α-hetero) is 1. The predicted octanol–water partition coefficient (Wildman–Crippen LogP) is 3.12. The fourth-order valence-corrected chi connectivity index (χ4v) is 0.886. The quantitative estimate of drug-likeness (QED) is 0.463. The molecule has 68 valence electrons. The zero-order chi connectivity index (χ0) is 9.56. The first-order chi connectivity index (χ1) is 5.59. The molecule has 0 aromatic heterocycles. The van der Waals surface area contributed by atoms with Gasteiger partial charge >= 0.3 is 0 Å². The molecular weight excluding hydrogens is 148 g/mol. The summed E-state index contributed by atoms with van der Waals surface area (Å²) in [5.74, 6) is 0.340. The van der Waals surface area contributed by atoms with Crippen molar-refractivity contribution in [3.63, 3.8) is 0 Å². The molecule has 0 aromatic carbocycles. The third-order valence-corrected chi connectivity index (χ3v) is 1.63. The molecule has 1 nitrogen and oxygen atoms in total. The smallest absolute Gasteiger partial charge is 0.161 e. The standard InChI is InChI=1S/C11H18O/c1-5-6-7-8-10(4)11(12)9(2)3/h6-9H,5H2,1-4H3/b7-6-,10-8+. The number of carbonyl (C=O) groups is 1. The van der Waals surface area contributed by atoms with Gasteiger partial charge in [0, 0.05) is 5.92 Å². The first-order valence-corrected chi connectivity index (χ1v) is 4.47. The molecule has 0 heterocycles. The van der Waals surface area contributed by atoms with E-state index in [1.165, 1.54) is 0 Å². The molecule has 0 aliphatic heterocycles. The average molecular weight is 166 g/mol. The number of carbonyl (C=O) groups excluding carboxylic acids is 1. The Kier molecular flexibility index (Phi) is 5.35. The van der Waals surface area contributed by atoms with Crippen LogP contribution in [0.4, 0.5) is 0 Å². The molecule has 0 saturated heterocycles. The molecule has 0 N–H and O–H groups in total. The van der Waals surface area contributed by atoms with Gasteiger partial charge in [0.05, 0.1) is 0 Å². The van der Waals surface area contributed by atoms with E-state index in [0.29, 0.717) is 0 Å². The van der Waals surface area contributed by atoms with E-state index in [9.17, 15) is 4.79 Å². The molecule has 0 aromatic rings. The Morgan fingerprint density at radius 2 is 2.00 bits per heavy atom. The summed E-state index contributed by atoms with van der Waals surface area (Å²) in [5, 5.41) is 0. The Balaban J connectivity index is 4.18. The van der Waals surface area contributed by atoms with Crippen LogP contribution in [0.15, 0.2) is 23.8 Å². The van der Waals surface area contributed by atoms with Crippen molar-refractivity contribution in [3.05, 3.63) is 23.8 Å². The summed E-state index contributed by atoms with van der Waals surface area (Å²) in [6.07, 6.45) is 6.87. The lowest BCUT2D eigenvalue weighted by Crippen LogP contribution is -2.07. The third kappa shape index (κ3) is 4.12. The number of rotatable bonds is 4. The van der Waals surface area contributed by atoms with Gasteiger partial charge in [0.2, 0.25) is 0 Å². The Morgan fingerprint density at radius 3 is 2.42 bits per heavy atom. The lowest BCUT2D eigenvalue weighted by molar-refractivity contribution is -0.118. The minimum Gasteiger partial charge on any atom is -0.294 e. The van der Waals surface area contributed by atoms with E-state index in [4.69, 9.17) is 0 Å². The van der Waals surface area contributed by atoms with Gasteiger partial charge in [-0.1, -0.05) is 39.0 Å². The number of hydrogen-bond acceptors (Lipinski definition) is 1. The molecule has 0 fully saturated rings. The van der Waals surface area contributed by atoms with Crippen molar-refractivity contribution in [3.8, 4) is 0 Å². The van der Waals surface area contributed by atoms with E-state index in [0.717, 1.165) is 12.0 Å². The molecule has 12 heavy (non-hydrogen) atoms. The molecular formula is C11H18O. The molecule has 0 atom stereocenters. The summed E-state index contributed by atoms with van der Waals surface area (Å²) in [5.41, 5.74) is 0.842. The lowest BCUT2D eigenvalue weighted by atomic mass is 10.0. The second-order valence-corrected chi connectivity index (χ2v) is 3.21. The summed E-state index contributed by atoms with van der Waals surface area (Å²) in [6, 6.07) is 0. The number of hydrogen-bond donors (Lipinski definition) is 0. The summed E-state index contributed by atoms with van der Waals surface area (Å²) in [6.45, 7) is 7.78. The fourth-order valence-electron chi connectivity index (χ4n) is 0.886. The highest BCUT2D eigenvalue weighted by atomic mass is 16.1. The van der Waals surface area contributed by atoms with E-state index in [-0.39, 0.29) is 11.7 Å². The monoisotopic (exact) mass is 166 g/mol. The maximum atomic E-state index is 11.3. The van der Waals surface area contributed by atoms with Crippen LogP contribution in [0.5, 0.6) is 0 Å². The van der Waals surface area contributed by atoms with Crippen molar-refractivity contribution in [2.75, 3.05) is 0 Å². The number of allylic oxidation sites excluding steroid dienone is 4. The lowest BCUT2D eigenvalue weighted by Gasteiger charge is -2.01. The fraction of sp³-hybridized carbons (Fsp3) is 0.545. The van der Waals surface area contributed by atoms with Gasteiger partial charge in [0.25, 0.3) is 0 Å². The molecule has 0 rings (SSSR count). The summed E-state index contributed by atoms with van der Waals surface area (Å²) in [7, 11) is 0. The largest absolute Gasteiger partial charge is 0.294 e. The normalized spacial score (nSPS) is 12.9. The molecule has 0 amide bonds. The molecule has 0 spiro atoms. The minimum atomic E-state index is 0.108. The van der Waals surface area contributed by atoms with E-state index in [1.54, 1.807) is 0 Å². The molecule has 1 heteroatoms. The molecule has 0 bridgehead atoms. The van der Waals surface area contributed by atoms with Gasteiger partial charge in [-0.15, -0.1) is 0 Å². The zero-order valence-corrected chi connectivity index (χ0v) is 8.42. The van der Waals surface area contributed by atoms with Crippen LogP contribution in [0.1, 0.15) is 34.1 Å². The molecule has 0 unspecified atom stereocenters. The Labute approximate surface area is 75.2 Å². The van der Waals surface area contributed by atoms with Gasteiger partial charge in [-0.2, -0.15) is 0 Å². The topological polar surface area (TPSA) is 17.1 Å². The maximum absolute atomic E-state index is 11.3. The van der Waals surface area contributed by atoms with E-state index >= 15 is 0 Å². The van der Waals surface area contributed by atoms with Crippen molar-refractivity contribution in [2.24, 2.45) is 5.92 Å². The molecule has 0 saturated carbocycles.